The molecule has 0 aliphatic rings. The Morgan fingerprint density at radius 2 is 1.86 bits per heavy atom. The van der Waals surface area contributed by atoms with E-state index in [2.05, 4.69) is 10.2 Å². The molecular weight excluding hydrogens is 412 g/mol. The van der Waals surface area contributed by atoms with Crippen LogP contribution >= 0.6 is 11.6 Å². The topological polar surface area (TPSA) is 167 Å². The summed E-state index contributed by atoms with van der Waals surface area (Å²) in [7, 11) is -2.61. The molecule has 12 heteroatoms. The average Bonchev–Trinajstić information content (AvgIpc) is 2.65. The number of halogens is 1. The Labute approximate surface area is 166 Å². The Hall–Kier alpha value is -2.86. The molecule has 0 fully saturated rings. The predicted molar refractivity (Wildman–Crippen MR) is 105 cm³/mol. The van der Waals surface area contributed by atoms with Gasteiger partial charge in [-0.1, -0.05) is 29.3 Å². The first-order valence-electron chi connectivity index (χ1n) is 7.46. The normalized spacial score (nSPS) is 11.7. The van der Waals surface area contributed by atoms with Gasteiger partial charge in [-0.3, -0.25) is 9.76 Å². The van der Waals surface area contributed by atoms with E-state index in [1.807, 2.05) is 6.92 Å². The number of nitrogens with zero attached hydrogens (tertiary/aromatic N) is 2. The zero-order chi connectivity index (χ0) is 21.3. The van der Waals surface area contributed by atoms with Crippen molar-refractivity contribution < 1.29 is 28.0 Å². The van der Waals surface area contributed by atoms with Crippen LogP contribution < -0.4 is 16.0 Å². The van der Waals surface area contributed by atoms with Crippen LogP contribution in [0.4, 0.5) is 0 Å². The van der Waals surface area contributed by atoms with Gasteiger partial charge in [0, 0.05) is 5.56 Å². The van der Waals surface area contributed by atoms with Crippen molar-refractivity contribution in [1.82, 2.24) is 5.48 Å². The van der Waals surface area contributed by atoms with Crippen LogP contribution in [0.3, 0.4) is 0 Å². The van der Waals surface area contributed by atoms with E-state index in [1.54, 1.807) is 23.7 Å². The van der Waals surface area contributed by atoms with Gasteiger partial charge in [-0.05, 0) is 31.2 Å². The number of benzene rings is 2. The molecule has 2 rings (SSSR count). The molecule has 0 saturated carbocycles. The fraction of sp³-hybridized carbons (Fsp3) is 0.125. The molecule has 2 aromatic rings. The molecule has 0 atom stereocenters. The number of phenols is 1. The van der Waals surface area contributed by atoms with Gasteiger partial charge in [0.2, 0.25) is 5.96 Å². The number of nitrogens with two attached hydrogens (primary N) is 1. The molecule has 0 radical (unpaired) electrons. The van der Waals surface area contributed by atoms with Gasteiger partial charge in [-0.15, -0.1) is 5.10 Å². The largest absolute Gasteiger partial charge is 0.503 e. The van der Waals surface area contributed by atoms with E-state index in [9.17, 15) is 13.5 Å². The maximum absolute atomic E-state index is 10.5. The molecule has 0 bridgehead atoms. The van der Waals surface area contributed by atoms with Crippen LogP contribution in [0.1, 0.15) is 11.1 Å². The Bertz CT molecular complexity index is 962. The Balaban J connectivity index is 0.000000307. The fourth-order valence-corrected chi connectivity index (χ4v) is 2.40. The quantitative estimate of drug-likeness (QED) is 0.212. The Morgan fingerprint density at radius 3 is 2.36 bits per heavy atom. The molecule has 152 valence electrons. The molecule has 0 aliphatic heterocycles. The van der Waals surface area contributed by atoms with Gasteiger partial charge < -0.3 is 15.6 Å². The second-order valence-electron chi connectivity index (χ2n) is 5.15. The fourth-order valence-electron chi connectivity index (χ4n) is 1.71. The molecule has 0 spiro atoms. The zero-order valence-electron chi connectivity index (χ0n) is 14.9. The highest BCUT2D eigenvalue weighted by Gasteiger charge is 2.09. The molecule has 0 aromatic heterocycles. The van der Waals surface area contributed by atoms with E-state index < -0.39 is 10.1 Å². The minimum atomic E-state index is -4.02. The van der Waals surface area contributed by atoms with Crippen LogP contribution in [0.2, 0.25) is 5.02 Å². The van der Waals surface area contributed by atoms with Crippen LogP contribution in [0.15, 0.2) is 51.5 Å². The van der Waals surface area contributed by atoms with E-state index in [-0.39, 0.29) is 27.4 Å². The number of methoxy groups -OCH3 is 1. The van der Waals surface area contributed by atoms with Crippen LogP contribution in [-0.4, -0.2) is 42.6 Å². The molecule has 0 aliphatic carbocycles. The van der Waals surface area contributed by atoms with Gasteiger partial charge in [0.15, 0.2) is 11.5 Å². The molecule has 10 nitrogen and oxygen atoms in total. The molecule has 2 aromatic carbocycles. The van der Waals surface area contributed by atoms with Gasteiger partial charge in [-0.25, -0.2) is 5.48 Å². The first kappa shape index (κ1) is 23.2. The van der Waals surface area contributed by atoms with Crippen molar-refractivity contribution in [3.05, 3.63) is 52.5 Å². The monoisotopic (exact) mass is 430 g/mol. The third-order valence-electron chi connectivity index (χ3n) is 3.12. The van der Waals surface area contributed by atoms with E-state index in [1.165, 1.54) is 31.5 Å². The van der Waals surface area contributed by atoms with Crippen molar-refractivity contribution in [3.63, 3.8) is 0 Å². The van der Waals surface area contributed by atoms with E-state index in [0.717, 1.165) is 5.56 Å². The van der Waals surface area contributed by atoms with Crippen LogP contribution in [0.25, 0.3) is 0 Å². The lowest BCUT2D eigenvalue weighted by Crippen LogP contribution is -2.27. The molecular formula is C16H19ClN4O6S. The van der Waals surface area contributed by atoms with E-state index in [4.69, 9.17) is 31.8 Å². The third-order valence-corrected chi connectivity index (χ3v) is 4.39. The number of nitrogens with one attached hydrogen (secondary N) is 1. The summed E-state index contributed by atoms with van der Waals surface area (Å²) in [5.74, 6) is -0.197. The second kappa shape index (κ2) is 10.5. The van der Waals surface area contributed by atoms with Crippen molar-refractivity contribution in [2.24, 2.45) is 15.9 Å². The van der Waals surface area contributed by atoms with Crippen LogP contribution in [0.5, 0.6) is 11.5 Å². The molecule has 28 heavy (non-hydrogen) atoms. The lowest BCUT2D eigenvalue weighted by molar-refractivity contribution is 0.232. The highest BCUT2D eigenvalue weighted by molar-refractivity contribution is 7.85. The molecule has 0 amide bonds. The van der Waals surface area contributed by atoms with Gasteiger partial charge in [0.25, 0.3) is 10.1 Å². The first-order valence-corrected chi connectivity index (χ1v) is 9.28. The third kappa shape index (κ3) is 7.04. The predicted octanol–water partition coefficient (Wildman–Crippen LogP) is 1.92. The number of hydrogen-bond donors (Lipinski definition) is 5. The Kier molecular flexibility index (Phi) is 8.67. The summed E-state index contributed by atoms with van der Waals surface area (Å²) in [4.78, 5) is -0.0666. The van der Waals surface area contributed by atoms with Gasteiger partial charge in [0.1, 0.15) is 0 Å². The summed E-state index contributed by atoms with van der Waals surface area (Å²) in [6.45, 7) is 1.84. The summed E-state index contributed by atoms with van der Waals surface area (Å²) in [5.41, 5.74) is 8.12. The number of ether oxygens (including phenoxy) is 1. The van der Waals surface area contributed by atoms with Crippen LogP contribution in [0, 0.1) is 6.92 Å². The molecule has 0 saturated heterocycles. The standard InChI is InChI=1S/C9H11ClN4O3.C7H8O3S/c1-17-6-3-2-5(7(10)8(6)15)4-12-13-9(11)14-16;1-6-2-4-7(5-3-6)11(8,9)10/h2-4,15-16H,1H3,(H3,11,13,14);2-5H,1H3,(H,8,9,10). The smallest absolute Gasteiger partial charge is 0.294 e. The van der Waals surface area contributed by atoms with Crippen molar-refractivity contribution in [2.75, 3.05) is 7.11 Å². The highest BCUT2D eigenvalue weighted by atomic mass is 35.5. The summed E-state index contributed by atoms with van der Waals surface area (Å²) >= 11 is 5.86. The zero-order valence-corrected chi connectivity index (χ0v) is 16.4. The van der Waals surface area contributed by atoms with Gasteiger partial charge in [0.05, 0.1) is 23.2 Å². The number of rotatable bonds is 4. The number of hydrogen-bond acceptors (Lipinski definition) is 7. The summed E-state index contributed by atoms with van der Waals surface area (Å²) in [6, 6.07) is 9.10. The first-order chi connectivity index (χ1) is 13.1. The molecule has 0 unspecified atom stereocenters. The lowest BCUT2D eigenvalue weighted by atomic mass is 10.2. The number of phenolic OH excluding ortho intramolecular Hbond substituents is 1. The van der Waals surface area contributed by atoms with Gasteiger partial charge >= 0.3 is 0 Å². The Morgan fingerprint density at radius 1 is 1.25 bits per heavy atom. The van der Waals surface area contributed by atoms with Gasteiger partial charge in [-0.2, -0.15) is 13.5 Å². The SMILES string of the molecule is COc1ccc(C=N/N=C(\N)NO)c(Cl)c1O.Cc1ccc(S(=O)(=O)O)cc1. The highest BCUT2D eigenvalue weighted by Crippen LogP contribution is 2.35. The van der Waals surface area contributed by atoms with Crippen LogP contribution in [-0.2, 0) is 10.1 Å². The number of aryl methyl sites for hydroxylation is 1. The summed E-state index contributed by atoms with van der Waals surface area (Å²) in [6.07, 6.45) is 1.27. The number of guanidine groups is 1. The average molecular weight is 431 g/mol. The van der Waals surface area contributed by atoms with E-state index >= 15 is 0 Å². The van der Waals surface area contributed by atoms with Crippen molar-refractivity contribution in [2.45, 2.75) is 11.8 Å². The lowest BCUT2D eigenvalue weighted by Gasteiger charge is -2.06. The maximum Gasteiger partial charge on any atom is 0.294 e. The minimum absolute atomic E-state index is 0.0666. The molecule has 0 heterocycles. The number of aromatic hydroxyl groups is 1. The maximum atomic E-state index is 10.5. The van der Waals surface area contributed by atoms with E-state index in [0.29, 0.717) is 5.56 Å². The minimum Gasteiger partial charge on any atom is -0.503 e. The number of hydroxylamine groups is 1. The summed E-state index contributed by atoms with van der Waals surface area (Å²) in [5, 5.41) is 25.0. The van der Waals surface area contributed by atoms with Crippen molar-refractivity contribution >= 4 is 33.9 Å². The van der Waals surface area contributed by atoms with Crippen molar-refractivity contribution in [1.29, 1.82) is 0 Å². The second-order valence-corrected chi connectivity index (χ2v) is 6.95. The summed E-state index contributed by atoms with van der Waals surface area (Å²) < 4.78 is 34.4. The molecule has 6 N–H and O–H groups in total. The van der Waals surface area contributed by atoms with Crippen molar-refractivity contribution in [3.8, 4) is 11.5 Å².